The first-order chi connectivity index (χ1) is 8.79. The number of hydrogen-bond donors (Lipinski definition) is 2. The van der Waals surface area contributed by atoms with Crippen LogP contribution in [0.5, 0.6) is 5.75 Å². The lowest BCUT2D eigenvalue weighted by molar-refractivity contribution is -0.116. The second kappa shape index (κ2) is 4.93. The number of hydrogen-bond acceptors (Lipinski definition) is 3. The summed E-state index contributed by atoms with van der Waals surface area (Å²) in [6, 6.07) is 3.91. The number of nitrogens with one attached hydrogen (secondary N) is 1. The Morgan fingerprint density at radius 1 is 1.37 bits per heavy atom. The fourth-order valence-electron chi connectivity index (χ4n) is 2.07. The van der Waals surface area contributed by atoms with Crippen LogP contribution in [0.4, 0.5) is 0 Å². The van der Waals surface area contributed by atoms with E-state index >= 15 is 0 Å². The van der Waals surface area contributed by atoms with E-state index in [4.69, 9.17) is 0 Å². The van der Waals surface area contributed by atoms with Gasteiger partial charge in [-0.3, -0.25) is 4.79 Å². The topological polar surface area (TPSA) is 49.3 Å². The first kappa shape index (κ1) is 14.0. The van der Waals surface area contributed by atoms with Gasteiger partial charge in [0.2, 0.25) is 0 Å². The van der Waals surface area contributed by atoms with Crippen LogP contribution in [0.15, 0.2) is 17.0 Å². The molecule has 2 N–H and O–H groups in total. The summed E-state index contributed by atoms with van der Waals surface area (Å²) in [6.45, 7) is 8.19. The van der Waals surface area contributed by atoms with Crippen LogP contribution in [0, 0.1) is 6.92 Å². The molecule has 1 aliphatic rings. The average Bonchev–Trinajstić information content (AvgIpc) is 2.68. The number of carbonyl (C=O) groups excluding carboxylic acids is 1. The number of phenolic OH excluding ortho intramolecular Hbond substituents is 1. The van der Waals surface area contributed by atoms with Gasteiger partial charge in [-0.05, 0) is 30.0 Å². The van der Waals surface area contributed by atoms with Gasteiger partial charge >= 0.3 is 0 Å². The molecular weight excluding hydrogens is 258 g/mol. The number of phenols is 1. The van der Waals surface area contributed by atoms with Crippen molar-refractivity contribution in [1.82, 2.24) is 5.32 Å². The highest BCUT2D eigenvalue weighted by atomic mass is 32.2. The molecule has 1 fully saturated rings. The molecule has 0 atom stereocenters. The molecule has 1 aliphatic heterocycles. The third-order valence-corrected chi connectivity index (χ3v) is 3.97. The van der Waals surface area contributed by atoms with E-state index in [0.29, 0.717) is 16.3 Å². The Bertz CT molecular complexity index is 556. The van der Waals surface area contributed by atoms with Crippen molar-refractivity contribution in [3.63, 3.8) is 0 Å². The van der Waals surface area contributed by atoms with E-state index in [2.05, 4.69) is 26.1 Å². The van der Waals surface area contributed by atoms with Gasteiger partial charge in [0.15, 0.2) is 0 Å². The van der Waals surface area contributed by atoms with Crippen LogP contribution in [-0.2, 0) is 10.2 Å². The molecule has 2 rings (SSSR count). The molecule has 1 heterocycles. The molecule has 4 heteroatoms. The maximum absolute atomic E-state index is 11.6. The second-order valence-corrected chi connectivity index (χ2v) is 6.82. The van der Waals surface area contributed by atoms with Crippen LogP contribution in [0.2, 0.25) is 0 Å². The molecular formula is C15H19NO2S. The summed E-state index contributed by atoms with van der Waals surface area (Å²) in [7, 11) is 0. The van der Waals surface area contributed by atoms with Gasteiger partial charge in [-0.1, -0.05) is 38.6 Å². The van der Waals surface area contributed by atoms with Crippen LogP contribution >= 0.6 is 11.8 Å². The van der Waals surface area contributed by atoms with Gasteiger partial charge in [0, 0.05) is 11.1 Å². The van der Waals surface area contributed by atoms with Crippen LogP contribution in [0.1, 0.15) is 37.5 Å². The molecule has 0 saturated carbocycles. The number of amides is 1. The SMILES string of the molecule is Cc1cc(C=C2SCNC2=O)c(O)c(C(C)(C)C)c1. The molecule has 0 aromatic heterocycles. The van der Waals surface area contributed by atoms with E-state index in [9.17, 15) is 9.90 Å². The molecule has 1 aromatic carbocycles. The standard InChI is InChI=1S/C15H19NO2S/c1-9-5-10(7-12-14(18)16-8-19-12)13(17)11(6-9)15(2,3)4/h5-7,17H,8H2,1-4H3,(H,16,18). The van der Waals surface area contributed by atoms with Crippen molar-refractivity contribution in [2.45, 2.75) is 33.1 Å². The smallest absolute Gasteiger partial charge is 0.258 e. The van der Waals surface area contributed by atoms with E-state index in [1.54, 1.807) is 6.08 Å². The summed E-state index contributed by atoms with van der Waals surface area (Å²) < 4.78 is 0. The summed E-state index contributed by atoms with van der Waals surface area (Å²) in [5.41, 5.74) is 2.57. The Labute approximate surface area is 118 Å². The van der Waals surface area contributed by atoms with Crippen LogP contribution in [0.25, 0.3) is 6.08 Å². The van der Waals surface area contributed by atoms with Crippen molar-refractivity contribution in [3.05, 3.63) is 33.7 Å². The van der Waals surface area contributed by atoms with E-state index < -0.39 is 0 Å². The summed E-state index contributed by atoms with van der Waals surface area (Å²) in [4.78, 5) is 12.2. The first-order valence-corrected chi connectivity index (χ1v) is 7.24. The van der Waals surface area contributed by atoms with Gasteiger partial charge in [0.05, 0.1) is 10.8 Å². The largest absolute Gasteiger partial charge is 0.507 e. The van der Waals surface area contributed by atoms with Crippen molar-refractivity contribution >= 4 is 23.7 Å². The normalized spacial score (nSPS) is 17.9. The minimum atomic E-state index is -0.131. The summed E-state index contributed by atoms with van der Waals surface area (Å²) >= 11 is 1.46. The molecule has 1 aromatic rings. The maximum Gasteiger partial charge on any atom is 0.258 e. The number of carbonyl (C=O) groups is 1. The van der Waals surface area contributed by atoms with Crippen LogP contribution < -0.4 is 5.32 Å². The zero-order valence-electron chi connectivity index (χ0n) is 11.7. The molecule has 0 bridgehead atoms. The minimum Gasteiger partial charge on any atom is -0.507 e. The molecule has 1 saturated heterocycles. The third-order valence-electron chi connectivity index (χ3n) is 3.06. The lowest BCUT2D eigenvalue weighted by Crippen LogP contribution is -2.14. The lowest BCUT2D eigenvalue weighted by atomic mass is 9.84. The van der Waals surface area contributed by atoms with Crippen molar-refractivity contribution < 1.29 is 9.90 Å². The monoisotopic (exact) mass is 277 g/mol. The maximum atomic E-state index is 11.6. The highest BCUT2D eigenvalue weighted by Gasteiger charge is 2.22. The fraction of sp³-hybridized carbons (Fsp3) is 0.400. The average molecular weight is 277 g/mol. The Kier molecular flexibility index (Phi) is 3.63. The van der Waals surface area contributed by atoms with Crippen LogP contribution in [0.3, 0.4) is 0 Å². The Hall–Kier alpha value is -1.42. The molecule has 0 unspecified atom stereocenters. The molecule has 0 aliphatic carbocycles. The molecule has 3 nitrogen and oxygen atoms in total. The van der Waals surface area contributed by atoms with Gasteiger partial charge in [-0.2, -0.15) is 0 Å². The van der Waals surface area contributed by atoms with Crippen molar-refractivity contribution in [3.8, 4) is 5.75 Å². The molecule has 0 spiro atoms. The van der Waals surface area contributed by atoms with E-state index in [0.717, 1.165) is 11.1 Å². The number of aryl methyl sites for hydroxylation is 1. The highest BCUT2D eigenvalue weighted by Crippen LogP contribution is 2.36. The fourth-order valence-corrected chi connectivity index (χ4v) is 2.84. The predicted octanol–water partition coefficient (Wildman–Crippen LogP) is 3.16. The van der Waals surface area contributed by atoms with E-state index in [-0.39, 0.29) is 17.1 Å². The Morgan fingerprint density at radius 2 is 2.05 bits per heavy atom. The quantitative estimate of drug-likeness (QED) is 0.775. The zero-order chi connectivity index (χ0) is 14.2. The summed E-state index contributed by atoms with van der Waals surface area (Å²) in [5.74, 6) is 0.803. The first-order valence-electron chi connectivity index (χ1n) is 6.26. The van der Waals surface area contributed by atoms with Gasteiger partial charge in [0.1, 0.15) is 5.75 Å². The van der Waals surface area contributed by atoms with Crippen molar-refractivity contribution in [2.24, 2.45) is 0 Å². The van der Waals surface area contributed by atoms with Crippen molar-refractivity contribution in [1.29, 1.82) is 0 Å². The molecule has 1 amide bonds. The number of rotatable bonds is 1. The summed E-state index contributed by atoms with van der Waals surface area (Å²) in [6.07, 6.45) is 1.77. The molecule has 0 radical (unpaired) electrons. The number of benzene rings is 1. The Balaban J connectivity index is 2.53. The highest BCUT2D eigenvalue weighted by molar-refractivity contribution is 8.04. The van der Waals surface area contributed by atoms with Gasteiger partial charge in [-0.25, -0.2) is 0 Å². The Morgan fingerprint density at radius 3 is 2.58 bits per heavy atom. The van der Waals surface area contributed by atoms with Crippen molar-refractivity contribution in [2.75, 3.05) is 5.88 Å². The van der Waals surface area contributed by atoms with E-state index in [1.165, 1.54) is 11.8 Å². The van der Waals surface area contributed by atoms with Crippen LogP contribution in [-0.4, -0.2) is 16.9 Å². The van der Waals surface area contributed by atoms with Gasteiger partial charge < -0.3 is 10.4 Å². The summed E-state index contributed by atoms with van der Waals surface area (Å²) in [5, 5.41) is 13.2. The van der Waals surface area contributed by atoms with Gasteiger partial charge in [0.25, 0.3) is 5.91 Å². The van der Waals surface area contributed by atoms with Gasteiger partial charge in [-0.15, -0.1) is 0 Å². The zero-order valence-corrected chi connectivity index (χ0v) is 12.5. The third kappa shape index (κ3) is 2.95. The number of aromatic hydroxyl groups is 1. The molecule has 19 heavy (non-hydrogen) atoms. The minimum absolute atomic E-state index is 0.0665. The second-order valence-electron chi connectivity index (χ2n) is 5.80. The predicted molar refractivity (Wildman–Crippen MR) is 80.1 cm³/mol. The lowest BCUT2D eigenvalue weighted by Gasteiger charge is -2.22. The number of thioether (sulfide) groups is 1. The molecule has 102 valence electrons. The van der Waals surface area contributed by atoms with E-state index in [1.807, 2.05) is 19.1 Å².